The zero-order chi connectivity index (χ0) is 18.6. The molecule has 0 amide bonds. The van der Waals surface area contributed by atoms with Crippen LogP contribution >= 0.6 is 0 Å². The fourth-order valence-corrected chi connectivity index (χ4v) is 3.21. The monoisotopic (exact) mass is 367 g/mol. The van der Waals surface area contributed by atoms with Gasteiger partial charge in [-0.1, -0.05) is 95.0 Å². The zero-order valence-corrected chi connectivity index (χ0v) is 17.9. The van der Waals surface area contributed by atoms with E-state index < -0.39 is 9.53 Å². The van der Waals surface area contributed by atoms with Crippen LogP contribution in [0.5, 0.6) is 0 Å². The van der Waals surface area contributed by atoms with Gasteiger partial charge in [-0.2, -0.15) is 0 Å². The summed E-state index contributed by atoms with van der Waals surface area (Å²) in [6.07, 6.45) is 15.5. The molecule has 1 aromatic rings. The molecule has 0 fully saturated rings. The zero-order valence-electron chi connectivity index (χ0n) is 16.9. The van der Waals surface area contributed by atoms with Gasteiger partial charge in [0.15, 0.2) is 0 Å². The molecule has 0 bridgehead atoms. The van der Waals surface area contributed by atoms with E-state index in [2.05, 4.69) is 37.3 Å². The smallest absolute Gasteiger partial charge is 0.375 e. The SMILES string of the molecule is CCCCCCCCCCCCc1ccccc1.CO[Si](OC)OC. The molecule has 25 heavy (non-hydrogen) atoms. The first-order chi connectivity index (χ1) is 12.3. The van der Waals surface area contributed by atoms with E-state index in [9.17, 15) is 0 Å². The molecule has 0 aliphatic rings. The van der Waals surface area contributed by atoms with Crippen LogP contribution < -0.4 is 0 Å². The number of hydrogen-bond acceptors (Lipinski definition) is 3. The minimum Gasteiger partial charge on any atom is -0.375 e. The van der Waals surface area contributed by atoms with Crippen molar-refractivity contribution in [1.29, 1.82) is 0 Å². The van der Waals surface area contributed by atoms with E-state index in [0.717, 1.165) is 0 Å². The third kappa shape index (κ3) is 16.5. The maximum absolute atomic E-state index is 4.71. The maximum atomic E-state index is 4.71. The number of unbranched alkanes of at least 4 members (excludes halogenated alkanes) is 9. The van der Waals surface area contributed by atoms with E-state index >= 15 is 0 Å². The van der Waals surface area contributed by atoms with Gasteiger partial charge in [-0.25, -0.2) is 0 Å². The minimum absolute atomic E-state index is 1.26. The van der Waals surface area contributed by atoms with Crippen molar-refractivity contribution in [3.8, 4) is 0 Å². The van der Waals surface area contributed by atoms with Crippen LogP contribution in [0.25, 0.3) is 0 Å². The number of benzene rings is 1. The molecular formula is C21H39O3Si. The van der Waals surface area contributed by atoms with Crippen molar-refractivity contribution in [1.82, 2.24) is 0 Å². The van der Waals surface area contributed by atoms with Crippen molar-refractivity contribution in [3.63, 3.8) is 0 Å². The van der Waals surface area contributed by atoms with E-state index in [0.29, 0.717) is 0 Å². The third-order valence-electron chi connectivity index (χ3n) is 4.16. The Labute approximate surface area is 158 Å². The van der Waals surface area contributed by atoms with Crippen molar-refractivity contribution >= 4 is 9.53 Å². The van der Waals surface area contributed by atoms with E-state index in [1.807, 2.05) is 0 Å². The molecule has 0 atom stereocenters. The summed E-state index contributed by atoms with van der Waals surface area (Å²) in [5, 5.41) is 0. The Bertz CT molecular complexity index is 350. The third-order valence-corrected chi connectivity index (χ3v) is 5.16. The Morgan fingerprint density at radius 1 is 0.640 bits per heavy atom. The highest BCUT2D eigenvalue weighted by Crippen LogP contribution is 2.12. The van der Waals surface area contributed by atoms with Gasteiger partial charge in [0.2, 0.25) is 0 Å². The van der Waals surface area contributed by atoms with Crippen LogP contribution in [-0.4, -0.2) is 30.9 Å². The average molecular weight is 368 g/mol. The first-order valence-electron chi connectivity index (χ1n) is 9.81. The second kappa shape index (κ2) is 19.6. The molecule has 0 aromatic heterocycles. The first kappa shape index (κ1) is 24.3. The number of hydrogen-bond donors (Lipinski definition) is 0. The fourth-order valence-electron chi connectivity index (χ4n) is 2.71. The molecule has 0 saturated heterocycles. The molecular weight excluding hydrogens is 328 g/mol. The summed E-state index contributed by atoms with van der Waals surface area (Å²) in [4.78, 5) is 0. The van der Waals surface area contributed by atoms with Crippen LogP contribution in [0.4, 0.5) is 0 Å². The van der Waals surface area contributed by atoms with Crippen molar-refractivity contribution in [2.75, 3.05) is 21.3 Å². The summed E-state index contributed by atoms with van der Waals surface area (Å²) < 4.78 is 14.1. The minimum atomic E-state index is -1.36. The van der Waals surface area contributed by atoms with Crippen molar-refractivity contribution in [3.05, 3.63) is 35.9 Å². The normalized spacial score (nSPS) is 10.6. The molecule has 1 rings (SSSR count). The van der Waals surface area contributed by atoms with Crippen LogP contribution in [0.15, 0.2) is 30.3 Å². The number of rotatable bonds is 14. The van der Waals surface area contributed by atoms with Crippen LogP contribution in [-0.2, 0) is 19.7 Å². The Morgan fingerprint density at radius 2 is 1.08 bits per heavy atom. The molecule has 3 nitrogen and oxygen atoms in total. The highest BCUT2D eigenvalue weighted by molar-refractivity contribution is 6.36. The molecule has 1 radical (unpaired) electrons. The van der Waals surface area contributed by atoms with E-state index in [1.54, 1.807) is 21.3 Å². The van der Waals surface area contributed by atoms with Gasteiger partial charge >= 0.3 is 9.53 Å². The van der Waals surface area contributed by atoms with Gasteiger partial charge in [0, 0.05) is 21.3 Å². The van der Waals surface area contributed by atoms with Gasteiger partial charge in [0.05, 0.1) is 0 Å². The van der Waals surface area contributed by atoms with Crippen molar-refractivity contribution in [2.24, 2.45) is 0 Å². The molecule has 0 heterocycles. The average Bonchev–Trinajstić information content (AvgIpc) is 2.66. The summed E-state index contributed by atoms with van der Waals surface area (Å²) >= 11 is 0. The lowest BCUT2D eigenvalue weighted by Crippen LogP contribution is -2.21. The highest BCUT2D eigenvalue weighted by atomic mass is 28.3. The van der Waals surface area contributed by atoms with Gasteiger partial charge in [-0.3, -0.25) is 0 Å². The summed E-state index contributed by atoms with van der Waals surface area (Å²) in [5.74, 6) is 0. The summed E-state index contributed by atoms with van der Waals surface area (Å²) in [6, 6.07) is 10.9. The molecule has 0 aliphatic carbocycles. The molecule has 0 unspecified atom stereocenters. The van der Waals surface area contributed by atoms with Crippen molar-refractivity contribution in [2.45, 2.75) is 77.6 Å². The second-order valence-electron chi connectivity index (χ2n) is 6.28. The van der Waals surface area contributed by atoms with Crippen LogP contribution in [0.3, 0.4) is 0 Å². The highest BCUT2D eigenvalue weighted by Gasteiger charge is 2.09. The molecule has 0 saturated carbocycles. The second-order valence-corrected chi connectivity index (χ2v) is 8.00. The molecule has 0 aliphatic heterocycles. The lowest BCUT2D eigenvalue weighted by Gasteiger charge is -2.03. The molecule has 0 spiro atoms. The molecule has 0 N–H and O–H groups in total. The van der Waals surface area contributed by atoms with E-state index in [4.69, 9.17) is 13.3 Å². The molecule has 145 valence electrons. The van der Waals surface area contributed by atoms with Gasteiger partial charge in [-0.05, 0) is 18.4 Å². The van der Waals surface area contributed by atoms with Gasteiger partial charge < -0.3 is 13.3 Å². The first-order valence-corrected chi connectivity index (χ1v) is 11.0. The predicted octanol–water partition coefficient (Wildman–Crippen LogP) is 6.06. The summed E-state index contributed by atoms with van der Waals surface area (Å²) in [6.45, 7) is 2.28. The standard InChI is InChI=1S/C18H30.C3H9O3Si/c1-2-3-4-5-6-7-8-9-10-12-15-18-16-13-11-14-17-18;1-4-7(5-2)6-3/h11,13-14,16-17H,2-10,12,15H2,1H3;1-3H3. The van der Waals surface area contributed by atoms with Crippen LogP contribution in [0, 0.1) is 0 Å². The van der Waals surface area contributed by atoms with Gasteiger partial charge in [-0.15, -0.1) is 0 Å². The number of aryl methyl sites for hydroxylation is 1. The lowest BCUT2D eigenvalue weighted by atomic mass is 10.0. The Kier molecular flexibility index (Phi) is 19.1. The largest absolute Gasteiger partial charge is 0.576 e. The quantitative estimate of drug-likeness (QED) is 0.295. The van der Waals surface area contributed by atoms with E-state index in [1.165, 1.54) is 76.2 Å². The lowest BCUT2D eigenvalue weighted by molar-refractivity contribution is 0.163. The Hall–Kier alpha value is -0.683. The summed E-state index contributed by atoms with van der Waals surface area (Å²) in [7, 11) is 3.31. The Morgan fingerprint density at radius 3 is 1.48 bits per heavy atom. The topological polar surface area (TPSA) is 27.7 Å². The fraction of sp³-hybridized carbons (Fsp3) is 0.714. The molecule has 4 heteroatoms. The van der Waals surface area contributed by atoms with E-state index in [-0.39, 0.29) is 0 Å². The maximum Gasteiger partial charge on any atom is 0.576 e. The van der Waals surface area contributed by atoms with Gasteiger partial charge in [0.1, 0.15) is 0 Å². The van der Waals surface area contributed by atoms with Crippen LogP contribution in [0.1, 0.15) is 76.7 Å². The molecule has 1 aromatic carbocycles. The van der Waals surface area contributed by atoms with Gasteiger partial charge in [0.25, 0.3) is 0 Å². The predicted molar refractivity (Wildman–Crippen MR) is 109 cm³/mol. The van der Waals surface area contributed by atoms with Crippen molar-refractivity contribution < 1.29 is 13.3 Å². The Balaban J connectivity index is 0.000000697. The summed E-state index contributed by atoms with van der Waals surface area (Å²) in [5.41, 5.74) is 1.50. The van der Waals surface area contributed by atoms with Crippen LogP contribution in [0.2, 0.25) is 0 Å².